The van der Waals surface area contributed by atoms with Crippen molar-refractivity contribution in [1.82, 2.24) is 0 Å². The third-order valence-corrected chi connectivity index (χ3v) is 33.5. The molecule has 2 rings (SSSR count). The van der Waals surface area contributed by atoms with Crippen LogP contribution < -0.4 is 0 Å². The second kappa shape index (κ2) is 19.9. The molecule has 0 bridgehead atoms. The van der Waals surface area contributed by atoms with Crippen LogP contribution in [0.1, 0.15) is 140 Å². The average Bonchev–Trinajstić information content (AvgIpc) is 3.71. The molecule has 0 saturated carbocycles. The van der Waals surface area contributed by atoms with E-state index < -0.39 is 26.7 Å². The van der Waals surface area contributed by atoms with Crippen molar-refractivity contribution in [2.45, 2.75) is 206 Å². The summed E-state index contributed by atoms with van der Waals surface area (Å²) in [6.45, 7) is 32.9. The van der Waals surface area contributed by atoms with E-state index in [1.54, 1.807) is 3.59 Å². The van der Waals surface area contributed by atoms with Crippen LogP contribution in [0.3, 0.4) is 0 Å². The van der Waals surface area contributed by atoms with E-state index in [-0.39, 0.29) is 36.6 Å². The summed E-state index contributed by atoms with van der Waals surface area (Å²) in [5.41, 5.74) is 2.73. The Labute approximate surface area is 285 Å². The smallest absolute Gasteiger partial charge is 0.0916 e. The van der Waals surface area contributed by atoms with E-state index >= 15 is 0 Å². The summed E-state index contributed by atoms with van der Waals surface area (Å²) in [5, 5.41) is 10.4. The van der Waals surface area contributed by atoms with Gasteiger partial charge in [0.2, 0.25) is 0 Å². The Morgan fingerprint density at radius 3 is 1.96 bits per heavy atom. The van der Waals surface area contributed by atoms with Gasteiger partial charge in [-0.3, -0.25) is 0 Å². The van der Waals surface area contributed by atoms with Crippen molar-refractivity contribution in [3.8, 4) is 0 Å². The molecule has 0 aromatic carbocycles. The summed E-state index contributed by atoms with van der Waals surface area (Å²) in [7, 11) is -2.14. The van der Waals surface area contributed by atoms with Crippen molar-refractivity contribution in [3.63, 3.8) is 0 Å². The van der Waals surface area contributed by atoms with E-state index in [1.165, 1.54) is 51.8 Å². The quantitative estimate of drug-likeness (QED) is 0.0606. The van der Waals surface area contributed by atoms with E-state index in [4.69, 9.17) is 20.5 Å². The molecule has 0 aromatic rings. The first-order valence-electron chi connectivity index (χ1n) is 19.0. The zero-order valence-electron chi connectivity index (χ0n) is 31.3. The van der Waals surface area contributed by atoms with Crippen LogP contribution in [0.2, 0.25) is 29.9 Å². The Morgan fingerprint density at radius 1 is 0.956 bits per heavy atom. The number of unbranched alkanes of at least 4 members (excludes halogenated alkanes) is 3. The molecule has 2 aliphatic rings. The van der Waals surface area contributed by atoms with E-state index in [2.05, 4.69) is 68.9 Å². The van der Waals surface area contributed by atoms with E-state index in [0.717, 1.165) is 31.3 Å². The number of hydrogen-bond acceptors (Lipinski definition) is 4. The first-order chi connectivity index (χ1) is 21.3. The molecule has 262 valence electrons. The van der Waals surface area contributed by atoms with Gasteiger partial charge in [-0.2, -0.15) is 0 Å². The summed E-state index contributed by atoms with van der Waals surface area (Å²) in [6, 6.07) is 0. The number of rotatable bonds is 24. The van der Waals surface area contributed by atoms with E-state index in [1.807, 2.05) is 19.1 Å². The predicted molar refractivity (Wildman–Crippen MR) is 200 cm³/mol. The van der Waals surface area contributed by atoms with Crippen LogP contribution >= 0.6 is 0 Å². The summed E-state index contributed by atoms with van der Waals surface area (Å²) in [6.07, 6.45) is 15.9. The Morgan fingerprint density at radius 2 is 1.49 bits per heavy atom. The normalized spacial score (nSPS) is 24.0. The Balaban J connectivity index is 2.34. The second-order valence-electron chi connectivity index (χ2n) is 15.5. The zero-order chi connectivity index (χ0) is 33.8. The molecule has 2 saturated heterocycles. The van der Waals surface area contributed by atoms with Crippen molar-refractivity contribution in [2.24, 2.45) is 0 Å². The Bertz CT molecular complexity index is 871. The van der Waals surface area contributed by atoms with Crippen molar-refractivity contribution < 1.29 is 19.0 Å². The standard InChI is InChI=1S/C27H47O4Si.3C4H9.Sn/c1-10-12-14-22(28)15-16-23-21(9)17-25(29-23)27-26(30-27)24(13-11-2)31-32(18(3)4,19(5)6)20(7)8;3*1-3-4-2;/h10,12,18-20,22-28H,2,9,13-17H2,1,3-8H3;3*1,3-4H2,2H3;/b12-10+;;;;/t22-,23+,24-,25+,26-,27-;;;;/m1..../s1. The molecule has 45 heavy (non-hydrogen) atoms. The molecule has 0 spiro atoms. The molecule has 0 aromatic heterocycles. The van der Waals surface area contributed by atoms with Crippen LogP contribution in [0.25, 0.3) is 0 Å². The van der Waals surface area contributed by atoms with Gasteiger partial charge in [-0.1, -0.05) is 12.2 Å². The first-order valence-corrected chi connectivity index (χ1v) is 28.6. The van der Waals surface area contributed by atoms with Gasteiger partial charge in [-0.15, -0.1) is 0 Å². The molecule has 0 aliphatic carbocycles. The monoisotopic (exact) mass is 754 g/mol. The van der Waals surface area contributed by atoms with Gasteiger partial charge < -0.3 is 0 Å². The van der Waals surface area contributed by atoms with Crippen LogP contribution in [0, 0.1) is 0 Å². The Kier molecular flexibility index (Phi) is 18.3. The average molecular weight is 754 g/mol. The van der Waals surface area contributed by atoms with Gasteiger partial charge >= 0.3 is 268 Å². The summed E-state index contributed by atoms with van der Waals surface area (Å²) in [5.74, 6) is 0. The molecule has 2 aliphatic heterocycles. The molecule has 0 amide bonds. The summed E-state index contributed by atoms with van der Waals surface area (Å²) >= 11 is -2.66. The van der Waals surface area contributed by atoms with Gasteiger partial charge in [0.1, 0.15) is 0 Å². The molecule has 0 unspecified atom stereocenters. The maximum absolute atomic E-state index is 10.4. The number of ether oxygens (including phenoxy) is 2. The molecular weight excluding hydrogens is 679 g/mol. The van der Waals surface area contributed by atoms with Gasteiger partial charge in [0.25, 0.3) is 0 Å². The minimum atomic E-state index is -2.66. The fourth-order valence-corrected chi connectivity index (χ4v) is 29.9. The molecule has 0 radical (unpaired) electrons. The van der Waals surface area contributed by atoms with Crippen molar-refractivity contribution in [2.75, 3.05) is 0 Å². The number of hydrogen-bond donors (Lipinski definition) is 1. The number of aliphatic hydroxyl groups is 1. The van der Waals surface area contributed by atoms with Crippen molar-refractivity contribution >= 4 is 26.7 Å². The molecule has 6 heteroatoms. The van der Waals surface area contributed by atoms with Gasteiger partial charge in [0.15, 0.2) is 0 Å². The molecular formula is C39H74O4SiSn. The minimum Gasteiger partial charge on any atom is -0.0916 e. The van der Waals surface area contributed by atoms with Crippen LogP contribution in [-0.4, -0.2) is 68.4 Å². The topological polar surface area (TPSA) is 51.2 Å². The summed E-state index contributed by atoms with van der Waals surface area (Å²) < 4.78 is 26.9. The van der Waals surface area contributed by atoms with Gasteiger partial charge in [0, 0.05) is 0 Å². The van der Waals surface area contributed by atoms with Gasteiger partial charge in [0.05, 0.1) is 0 Å². The van der Waals surface area contributed by atoms with Gasteiger partial charge in [-0.05, 0) is 6.92 Å². The molecule has 1 N–H and O–H groups in total. The maximum atomic E-state index is 10.4. The van der Waals surface area contributed by atoms with Crippen LogP contribution in [-0.2, 0) is 13.9 Å². The fourth-order valence-electron chi connectivity index (χ4n) is 8.51. The number of epoxide rings is 1. The number of allylic oxidation sites excluding steroid dienone is 1. The fraction of sp³-hybridized carbons (Fsp3) is 0.846. The van der Waals surface area contributed by atoms with Gasteiger partial charge in [-0.25, -0.2) is 0 Å². The Hall–Kier alpha value is 0.0756. The van der Waals surface area contributed by atoms with Crippen LogP contribution in [0.15, 0.2) is 34.5 Å². The van der Waals surface area contributed by atoms with Crippen LogP contribution in [0.4, 0.5) is 0 Å². The van der Waals surface area contributed by atoms with E-state index in [0.29, 0.717) is 23.0 Å². The third kappa shape index (κ3) is 11.3. The van der Waals surface area contributed by atoms with Crippen molar-refractivity contribution in [3.05, 3.63) is 34.5 Å². The van der Waals surface area contributed by atoms with Crippen molar-refractivity contribution in [1.29, 1.82) is 0 Å². The van der Waals surface area contributed by atoms with Crippen LogP contribution in [0.5, 0.6) is 0 Å². The molecule has 6 atom stereocenters. The van der Waals surface area contributed by atoms with E-state index in [9.17, 15) is 5.11 Å². The third-order valence-electron chi connectivity index (χ3n) is 11.2. The predicted octanol–water partition coefficient (Wildman–Crippen LogP) is 11.5. The molecule has 4 nitrogen and oxygen atoms in total. The minimum absolute atomic E-state index is 0.00544. The molecule has 2 fully saturated rings. The second-order valence-corrected chi connectivity index (χ2v) is 34.5. The number of aliphatic hydroxyl groups excluding tert-OH is 1. The summed E-state index contributed by atoms with van der Waals surface area (Å²) in [4.78, 5) is 0. The SMILES string of the molecule is C=C1C[C@@H]([C@H]2O[C@@H]2[C@@H](C[C](=C)[Sn]([CH2]CCC)([CH2]CCC)[CH2]CCC)O[Si](C(C)C)(C(C)C)C(C)C)O[C@H]1CC[C@H](O)C/C=C/C. The molecule has 2 heterocycles. The first kappa shape index (κ1) is 41.2. The zero-order valence-corrected chi connectivity index (χ0v) is 35.2.